The van der Waals surface area contributed by atoms with Crippen LogP contribution in [-0.4, -0.2) is 29.5 Å². The lowest BCUT2D eigenvalue weighted by Crippen LogP contribution is -2.04. The predicted molar refractivity (Wildman–Crippen MR) is 98.4 cm³/mol. The SMILES string of the molecule is CCS(=O)c1ccc(C2CC2)nc1-c1nc2cc(Br)ncc2n1C. The van der Waals surface area contributed by atoms with Crippen LogP contribution < -0.4 is 0 Å². The summed E-state index contributed by atoms with van der Waals surface area (Å²) in [5.74, 6) is 1.84. The van der Waals surface area contributed by atoms with Crippen molar-refractivity contribution in [3.8, 4) is 11.5 Å². The topological polar surface area (TPSA) is 60.7 Å². The van der Waals surface area contributed by atoms with Crippen molar-refractivity contribution >= 4 is 37.8 Å². The molecule has 1 atom stereocenters. The number of fused-ring (bicyclic) bond motifs is 1. The fourth-order valence-electron chi connectivity index (χ4n) is 2.84. The van der Waals surface area contributed by atoms with Crippen molar-refractivity contribution in [3.63, 3.8) is 0 Å². The van der Waals surface area contributed by atoms with Crippen LogP contribution in [0.2, 0.25) is 0 Å². The molecule has 1 unspecified atom stereocenters. The van der Waals surface area contributed by atoms with E-state index in [1.165, 1.54) is 12.8 Å². The molecule has 0 amide bonds. The van der Waals surface area contributed by atoms with Gasteiger partial charge in [0.25, 0.3) is 0 Å². The third kappa shape index (κ3) is 2.69. The lowest BCUT2D eigenvalue weighted by Gasteiger charge is -2.10. The van der Waals surface area contributed by atoms with Crippen molar-refractivity contribution in [3.05, 3.63) is 34.7 Å². The molecular weight excluding hydrogens is 388 g/mol. The van der Waals surface area contributed by atoms with Crippen LogP contribution in [0.15, 0.2) is 33.9 Å². The van der Waals surface area contributed by atoms with E-state index in [-0.39, 0.29) is 0 Å². The van der Waals surface area contributed by atoms with E-state index < -0.39 is 10.8 Å². The maximum atomic E-state index is 12.5. The number of halogens is 1. The largest absolute Gasteiger partial charge is 0.324 e. The number of aromatic nitrogens is 4. The fraction of sp³-hybridized carbons (Fsp3) is 0.353. The molecule has 0 N–H and O–H groups in total. The molecule has 5 nitrogen and oxygen atoms in total. The minimum Gasteiger partial charge on any atom is -0.324 e. The van der Waals surface area contributed by atoms with Gasteiger partial charge in [0.05, 0.1) is 32.9 Å². The molecule has 0 spiro atoms. The predicted octanol–water partition coefficient (Wildman–Crippen LogP) is 3.80. The molecule has 3 aromatic rings. The van der Waals surface area contributed by atoms with E-state index in [1.807, 2.05) is 36.7 Å². The zero-order chi connectivity index (χ0) is 16.8. The monoisotopic (exact) mass is 404 g/mol. The Bertz CT molecular complexity index is 965. The molecule has 1 aliphatic rings. The number of nitrogens with zero attached hydrogens (tertiary/aromatic N) is 4. The summed E-state index contributed by atoms with van der Waals surface area (Å²) in [5, 5.41) is 0. The van der Waals surface area contributed by atoms with Crippen LogP contribution in [0.25, 0.3) is 22.6 Å². The van der Waals surface area contributed by atoms with Gasteiger partial charge in [-0.1, -0.05) is 6.92 Å². The van der Waals surface area contributed by atoms with Crippen LogP contribution in [0.1, 0.15) is 31.4 Å². The summed E-state index contributed by atoms with van der Waals surface area (Å²) < 4.78 is 15.2. The highest BCUT2D eigenvalue weighted by molar-refractivity contribution is 9.10. The summed E-state index contributed by atoms with van der Waals surface area (Å²) in [6.45, 7) is 1.92. The summed E-state index contributed by atoms with van der Waals surface area (Å²) in [4.78, 5) is 14.6. The maximum absolute atomic E-state index is 12.5. The summed E-state index contributed by atoms with van der Waals surface area (Å²) >= 11 is 3.39. The first-order valence-electron chi connectivity index (χ1n) is 7.96. The van der Waals surface area contributed by atoms with Crippen molar-refractivity contribution in [2.45, 2.75) is 30.6 Å². The quantitative estimate of drug-likeness (QED) is 0.620. The molecule has 0 saturated heterocycles. The van der Waals surface area contributed by atoms with Gasteiger partial charge in [0.2, 0.25) is 0 Å². The summed E-state index contributed by atoms with van der Waals surface area (Å²) in [7, 11) is 0.870. The Labute approximate surface area is 151 Å². The van der Waals surface area contributed by atoms with Crippen molar-refractivity contribution in [2.75, 3.05) is 5.75 Å². The van der Waals surface area contributed by atoms with E-state index in [9.17, 15) is 4.21 Å². The number of hydrogen-bond donors (Lipinski definition) is 0. The smallest absolute Gasteiger partial charge is 0.160 e. The van der Waals surface area contributed by atoms with Crippen LogP contribution in [0, 0.1) is 0 Å². The summed E-state index contributed by atoms with van der Waals surface area (Å²) in [6.07, 6.45) is 4.15. The van der Waals surface area contributed by atoms with Gasteiger partial charge < -0.3 is 4.57 Å². The number of hydrogen-bond acceptors (Lipinski definition) is 4. The van der Waals surface area contributed by atoms with Crippen LogP contribution in [-0.2, 0) is 17.8 Å². The highest BCUT2D eigenvalue weighted by Gasteiger charge is 2.27. The van der Waals surface area contributed by atoms with Crippen molar-refractivity contribution in [2.24, 2.45) is 7.05 Å². The Hall–Kier alpha value is -1.60. The third-order valence-corrected chi connectivity index (χ3v) is 6.11. The molecule has 4 rings (SSSR count). The number of imidazole rings is 1. The number of rotatable bonds is 4. The van der Waals surface area contributed by atoms with Crippen molar-refractivity contribution in [1.82, 2.24) is 19.5 Å². The Balaban J connectivity index is 1.95. The molecule has 0 bridgehead atoms. The van der Waals surface area contributed by atoms with Gasteiger partial charge in [-0.2, -0.15) is 0 Å². The molecule has 0 aromatic carbocycles. The number of aryl methyl sites for hydroxylation is 1. The van der Waals surface area contributed by atoms with Gasteiger partial charge in [-0.05, 0) is 47.0 Å². The second-order valence-corrected chi connectivity index (χ2v) is 8.50. The Morgan fingerprint density at radius 3 is 2.83 bits per heavy atom. The first kappa shape index (κ1) is 15.9. The number of pyridine rings is 2. The first-order chi connectivity index (χ1) is 11.6. The van der Waals surface area contributed by atoms with Gasteiger partial charge >= 0.3 is 0 Å². The highest BCUT2D eigenvalue weighted by Crippen LogP contribution is 2.40. The van der Waals surface area contributed by atoms with E-state index in [2.05, 4.69) is 20.9 Å². The van der Waals surface area contributed by atoms with E-state index in [0.29, 0.717) is 11.7 Å². The minimum absolute atomic E-state index is 0.540. The highest BCUT2D eigenvalue weighted by atomic mass is 79.9. The summed E-state index contributed by atoms with van der Waals surface area (Å²) in [6, 6.07) is 5.87. The van der Waals surface area contributed by atoms with Crippen LogP contribution in [0.4, 0.5) is 0 Å². The molecule has 124 valence electrons. The molecule has 0 aliphatic heterocycles. The van der Waals surface area contributed by atoms with E-state index >= 15 is 0 Å². The van der Waals surface area contributed by atoms with Crippen molar-refractivity contribution < 1.29 is 4.21 Å². The van der Waals surface area contributed by atoms with E-state index in [0.717, 1.165) is 37.7 Å². The molecule has 3 aromatic heterocycles. The molecule has 1 saturated carbocycles. The molecule has 3 heterocycles. The van der Waals surface area contributed by atoms with Crippen LogP contribution in [0.5, 0.6) is 0 Å². The first-order valence-corrected chi connectivity index (χ1v) is 10.1. The average molecular weight is 405 g/mol. The molecule has 0 radical (unpaired) electrons. The van der Waals surface area contributed by atoms with E-state index in [4.69, 9.17) is 9.97 Å². The zero-order valence-corrected chi connectivity index (χ0v) is 15.9. The zero-order valence-electron chi connectivity index (χ0n) is 13.5. The molecule has 1 aliphatic carbocycles. The average Bonchev–Trinajstić information content (AvgIpc) is 3.38. The Kier molecular flexibility index (Phi) is 4.00. The lowest BCUT2D eigenvalue weighted by molar-refractivity contribution is 0.683. The lowest BCUT2D eigenvalue weighted by atomic mass is 10.2. The second-order valence-electron chi connectivity index (χ2n) is 5.98. The van der Waals surface area contributed by atoms with Gasteiger partial charge in [0, 0.05) is 24.4 Å². The standard InChI is InChI=1S/C17H17BrN4OS/c1-3-24(23)14-7-6-11(10-4-5-10)20-16(14)17-21-12-8-15(18)19-9-13(12)22(17)2/h6-10H,3-5H2,1-2H3. The van der Waals surface area contributed by atoms with Gasteiger partial charge in [0.1, 0.15) is 10.3 Å². The van der Waals surface area contributed by atoms with Crippen LogP contribution >= 0.6 is 15.9 Å². The van der Waals surface area contributed by atoms with Gasteiger partial charge in [0.15, 0.2) is 5.82 Å². The van der Waals surface area contributed by atoms with Gasteiger partial charge in [-0.25, -0.2) is 15.0 Å². The van der Waals surface area contributed by atoms with Gasteiger partial charge in [-0.3, -0.25) is 4.21 Å². The Morgan fingerprint density at radius 1 is 1.33 bits per heavy atom. The van der Waals surface area contributed by atoms with Crippen molar-refractivity contribution in [1.29, 1.82) is 0 Å². The van der Waals surface area contributed by atoms with Gasteiger partial charge in [-0.15, -0.1) is 0 Å². The molecule has 1 fully saturated rings. The van der Waals surface area contributed by atoms with E-state index in [1.54, 1.807) is 6.20 Å². The second kappa shape index (κ2) is 6.04. The minimum atomic E-state index is -1.08. The Morgan fingerprint density at radius 2 is 2.12 bits per heavy atom. The molecular formula is C17H17BrN4OS. The normalized spacial score (nSPS) is 15.8. The summed E-state index contributed by atoms with van der Waals surface area (Å²) in [5.41, 5.74) is 3.59. The third-order valence-electron chi connectivity index (χ3n) is 4.33. The molecule has 24 heavy (non-hydrogen) atoms. The maximum Gasteiger partial charge on any atom is 0.160 e. The molecule has 7 heteroatoms. The van der Waals surface area contributed by atoms with Crippen LogP contribution in [0.3, 0.4) is 0 Å². The fourth-order valence-corrected chi connectivity index (χ4v) is 4.05.